The summed E-state index contributed by atoms with van der Waals surface area (Å²) in [5.74, 6) is -4.21. The molecule has 0 bridgehead atoms. The number of aliphatic hydroxyl groups excluding tert-OH is 3. The summed E-state index contributed by atoms with van der Waals surface area (Å²) in [7, 11) is 1.35. The zero-order valence-corrected chi connectivity index (χ0v) is 32.6. The Morgan fingerprint density at radius 1 is 0.830 bits per heavy atom. The van der Waals surface area contributed by atoms with Gasteiger partial charge in [-0.05, 0) is 92.8 Å². The molecule has 1 amide bonds. The van der Waals surface area contributed by atoms with Crippen molar-refractivity contribution in [2.24, 2.45) is 69.5 Å². The van der Waals surface area contributed by atoms with Crippen LogP contribution in [0.15, 0.2) is 23.3 Å². The number of ketones is 2. The van der Waals surface area contributed by atoms with Gasteiger partial charge in [-0.2, -0.15) is 0 Å². The van der Waals surface area contributed by atoms with E-state index in [4.69, 9.17) is 14.6 Å². The maximum Gasteiger partial charge on any atom is 0.330 e. The van der Waals surface area contributed by atoms with Crippen molar-refractivity contribution in [3.05, 3.63) is 23.3 Å². The zero-order chi connectivity index (χ0) is 38.8. The van der Waals surface area contributed by atoms with Gasteiger partial charge in [0.2, 0.25) is 5.91 Å². The third-order valence-corrected chi connectivity index (χ3v) is 15.8. The SMILES string of the molecule is COC(=O)[C@]1(C)CCC[C@@]2(C)[C@@H]3CCC(=CC(=O)O[C@@H]4CC[C@@]5(C)[C@@H]6CCC(=CC(=O)NCCO)[C@@H](C)[C@H]6[C@H](O)C(=O)[C@@H]5[C@H]4C)[C@@H](C)[C@H]3[C@H](O)C(=O)[C@@H]21. The molecule has 6 saturated carbocycles. The van der Waals surface area contributed by atoms with Crippen molar-refractivity contribution in [2.75, 3.05) is 20.3 Å². The average Bonchev–Trinajstić information content (AvgIpc) is 3.11. The number of aliphatic hydroxyl groups is 3. The average molecular weight is 740 g/mol. The molecule has 0 unspecified atom stereocenters. The molecule has 0 aliphatic heterocycles. The predicted octanol–water partition coefficient (Wildman–Crippen LogP) is 4.11. The fraction of sp³-hybridized carbons (Fsp3) is 0.786. The standard InChI is InChI=1S/C42H61NO10/c1-21-24(19-29(45)43-17-18-44)9-11-26-31(21)34(47)36(49)33-23(3)28(13-16-40(26,33)4)53-30(46)20-25-10-12-27-32(22(25)2)35(48)37(50)38-41(27,5)14-8-15-42(38,6)39(51)52-7/h19-23,26-28,31-35,38,44,47-48H,8-18H2,1-7H3,(H,43,45)/t21-,22-,23+,26-,27-,28-,31-,32-,33+,34+,35+,38+,40+,41+,42-/m1/s1. The van der Waals surface area contributed by atoms with E-state index in [0.717, 1.165) is 30.4 Å². The Labute approximate surface area is 313 Å². The fourth-order valence-corrected chi connectivity index (χ4v) is 13.3. The van der Waals surface area contributed by atoms with Gasteiger partial charge in [0.1, 0.15) is 18.3 Å². The number of carbonyl (C=O) groups excluding carboxylic acids is 5. The Bertz CT molecular complexity index is 1570. The molecule has 6 rings (SSSR count). The molecule has 4 N–H and O–H groups in total. The van der Waals surface area contributed by atoms with E-state index in [2.05, 4.69) is 19.2 Å². The van der Waals surface area contributed by atoms with Crippen LogP contribution in [0, 0.1) is 69.5 Å². The van der Waals surface area contributed by atoms with Crippen molar-refractivity contribution in [3.63, 3.8) is 0 Å². The van der Waals surface area contributed by atoms with E-state index in [1.54, 1.807) is 6.08 Å². The zero-order valence-electron chi connectivity index (χ0n) is 32.6. The largest absolute Gasteiger partial charge is 0.469 e. The summed E-state index contributed by atoms with van der Waals surface area (Å²) in [6, 6.07) is 0. The number of methoxy groups -OCH3 is 1. The van der Waals surface area contributed by atoms with Crippen molar-refractivity contribution in [1.29, 1.82) is 0 Å². The highest BCUT2D eigenvalue weighted by molar-refractivity contribution is 5.94. The maximum atomic E-state index is 14.0. The smallest absolute Gasteiger partial charge is 0.330 e. The first-order valence-electron chi connectivity index (χ1n) is 20.0. The highest BCUT2D eigenvalue weighted by Gasteiger charge is 2.66. The van der Waals surface area contributed by atoms with Crippen LogP contribution in [0.3, 0.4) is 0 Å². The normalized spacial score (nSPS) is 46.8. The summed E-state index contributed by atoms with van der Waals surface area (Å²) in [6.07, 6.45) is 6.22. The van der Waals surface area contributed by atoms with E-state index in [0.29, 0.717) is 38.5 Å². The topological polar surface area (TPSA) is 177 Å². The highest BCUT2D eigenvalue weighted by atomic mass is 16.5. The molecule has 53 heavy (non-hydrogen) atoms. The highest BCUT2D eigenvalue weighted by Crippen LogP contribution is 2.65. The second-order valence-corrected chi connectivity index (χ2v) is 18.2. The van der Waals surface area contributed by atoms with Crippen molar-refractivity contribution in [1.82, 2.24) is 5.32 Å². The Kier molecular flexibility index (Phi) is 11.0. The van der Waals surface area contributed by atoms with Crippen LogP contribution in [0.2, 0.25) is 0 Å². The minimum absolute atomic E-state index is 0.00578. The fourth-order valence-electron chi connectivity index (χ4n) is 13.3. The molecule has 0 saturated heterocycles. The summed E-state index contributed by atoms with van der Waals surface area (Å²) in [6.45, 7) is 12.0. The van der Waals surface area contributed by atoms with Crippen LogP contribution in [-0.2, 0) is 33.4 Å². The van der Waals surface area contributed by atoms with Gasteiger partial charge in [0.15, 0.2) is 11.6 Å². The number of rotatable bonds is 6. The quantitative estimate of drug-likeness (QED) is 0.229. The van der Waals surface area contributed by atoms with Gasteiger partial charge in [0.25, 0.3) is 0 Å². The molecule has 0 spiro atoms. The van der Waals surface area contributed by atoms with Gasteiger partial charge < -0.3 is 30.1 Å². The van der Waals surface area contributed by atoms with E-state index in [9.17, 15) is 34.2 Å². The molecule has 15 atom stereocenters. The van der Waals surface area contributed by atoms with Crippen LogP contribution in [0.4, 0.5) is 0 Å². The second kappa shape index (κ2) is 14.6. The summed E-state index contributed by atoms with van der Waals surface area (Å²) in [4.78, 5) is 67.1. The van der Waals surface area contributed by atoms with Gasteiger partial charge in [0, 0.05) is 48.3 Å². The van der Waals surface area contributed by atoms with Gasteiger partial charge in [-0.1, -0.05) is 52.2 Å². The van der Waals surface area contributed by atoms with E-state index < -0.39 is 58.3 Å². The van der Waals surface area contributed by atoms with Crippen LogP contribution in [0.25, 0.3) is 0 Å². The molecule has 11 heteroatoms. The monoisotopic (exact) mass is 739 g/mol. The molecule has 6 aliphatic carbocycles. The molecule has 6 fully saturated rings. The molecular weight excluding hydrogens is 678 g/mol. The van der Waals surface area contributed by atoms with Gasteiger partial charge in [0.05, 0.1) is 19.1 Å². The van der Waals surface area contributed by atoms with Crippen LogP contribution >= 0.6 is 0 Å². The Balaban J connectivity index is 1.16. The number of amides is 1. The van der Waals surface area contributed by atoms with Crippen LogP contribution in [0.5, 0.6) is 0 Å². The number of hydrogen-bond acceptors (Lipinski definition) is 10. The first-order valence-corrected chi connectivity index (χ1v) is 20.0. The molecular formula is C42H61NO10. The molecule has 11 nitrogen and oxygen atoms in total. The number of ether oxygens (including phenoxy) is 2. The van der Waals surface area contributed by atoms with E-state index in [1.165, 1.54) is 13.2 Å². The Morgan fingerprint density at radius 2 is 1.42 bits per heavy atom. The first-order chi connectivity index (χ1) is 25.0. The molecule has 0 aromatic rings. The molecule has 294 valence electrons. The number of Topliss-reactive ketones (excluding diaryl/α,β-unsaturated/α-hetero) is 2. The van der Waals surface area contributed by atoms with Crippen molar-refractivity contribution < 1.29 is 48.8 Å². The summed E-state index contributed by atoms with van der Waals surface area (Å²) in [5, 5.41) is 34.8. The summed E-state index contributed by atoms with van der Waals surface area (Å²) in [5.41, 5.74) is -0.131. The Morgan fingerprint density at radius 3 is 2.02 bits per heavy atom. The van der Waals surface area contributed by atoms with Crippen LogP contribution in [0.1, 0.15) is 99.3 Å². The predicted molar refractivity (Wildman–Crippen MR) is 194 cm³/mol. The molecule has 0 aromatic heterocycles. The lowest BCUT2D eigenvalue weighted by Crippen LogP contribution is -2.65. The summed E-state index contributed by atoms with van der Waals surface area (Å²) >= 11 is 0. The van der Waals surface area contributed by atoms with E-state index in [-0.39, 0.29) is 72.1 Å². The number of fused-ring (bicyclic) bond motifs is 6. The van der Waals surface area contributed by atoms with Crippen molar-refractivity contribution >= 4 is 29.4 Å². The minimum Gasteiger partial charge on any atom is -0.469 e. The molecule has 0 aromatic carbocycles. The number of allylic oxidation sites excluding steroid dienone is 2. The lowest BCUT2D eigenvalue weighted by atomic mass is 9.42. The van der Waals surface area contributed by atoms with Crippen LogP contribution in [-0.4, -0.2) is 83.3 Å². The number of hydrogen-bond donors (Lipinski definition) is 4. The van der Waals surface area contributed by atoms with E-state index >= 15 is 0 Å². The second-order valence-electron chi connectivity index (χ2n) is 18.2. The lowest BCUT2D eigenvalue weighted by molar-refractivity contribution is -0.193. The number of carbonyl (C=O) groups is 5. The van der Waals surface area contributed by atoms with Crippen LogP contribution < -0.4 is 5.32 Å². The summed E-state index contributed by atoms with van der Waals surface area (Å²) < 4.78 is 11.3. The number of nitrogens with one attached hydrogen (secondary N) is 1. The van der Waals surface area contributed by atoms with Gasteiger partial charge >= 0.3 is 11.9 Å². The van der Waals surface area contributed by atoms with Gasteiger partial charge in [-0.15, -0.1) is 0 Å². The van der Waals surface area contributed by atoms with Crippen molar-refractivity contribution in [2.45, 2.75) is 118 Å². The minimum atomic E-state index is -1.25. The molecule has 6 aliphatic rings. The Hall–Kier alpha value is -2.89. The molecule has 0 heterocycles. The van der Waals surface area contributed by atoms with E-state index in [1.807, 2.05) is 27.7 Å². The third kappa shape index (κ3) is 6.34. The van der Waals surface area contributed by atoms with Gasteiger partial charge in [-0.25, -0.2) is 4.79 Å². The lowest BCUT2D eigenvalue weighted by Gasteiger charge is -2.61. The third-order valence-electron chi connectivity index (χ3n) is 15.8. The molecule has 0 radical (unpaired) electrons. The van der Waals surface area contributed by atoms with Gasteiger partial charge in [-0.3, -0.25) is 19.2 Å². The van der Waals surface area contributed by atoms with Crippen molar-refractivity contribution in [3.8, 4) is 0 Å². The first kappa shape index (κ1) is 39.8. The maximum absolute atomic E-state index is 14.0. The number of esters is 2.